The van der Waals surface area contributed by atoms with Crippen molar-refractivity contribution in [1.82, 2.24) is 9.97 Å². The number of ether oxygens (including phenoxy) is 1. The van der Waals surface area contributed by atoms with Crippen LogP contribution in [0.25, 0.3) is 22.2 Å². The highest BCUT2D eigenvalue weighted by atomic mass is 32.1. The zero-order valence-corrected chi connectivity index (χ0v) is 13.7. The van der Waals surface area contributed by atoms with E-state index in [1.807, 2.05) is 41.9 Å². The molecular weight excluding hydrogens is 324 g/mol. The van der Waals surface area contributed by atoms with Gasteiger partial charge in [0, 0.05) is 34.2 Å². The summed E-state index contributed by atoms with van der Waals surface area (Å²) in [6.07, 6.45) is 3.23. The largest absolute Gasteiger partial charge is 0.462 e. The first-order valence-corrected chi connectivity index (χ1v) is 8.17. The maximum Gasteiger partial charge on any atom is 0.350 e. The van der Waals surface area contributed by atoms with Crippen molar-refractivity contribution in [2.24, 2.45) is 0 Å². The van der Waals surface area contributed by atoms with Crippen LogP contribution in [0.15, 0.2) is 47.6 Å². The number of benzene rings is 1. The molecule has 0 radical (unpaired) electrons. The number of hydrogen-bond donors (Lipinski definition) is 2. The fourth-order valence-corrected chi connectivity index (χ4v) is 2.91. The van der Waals surface area contributed by atoms with E-state index in [1.54, 1.807) is 6.92 Å². The Morgan fingerprint density at radius 3 is 3.12 bits per heavy atom. The lowest BCUT2D eigenvalue weighted by molar-refractivity contribution is -0.138. The van der Waals surface area contributed by atoms with Gasteiger partial charge in [-0.1, -0.05) is 18.2 Å². The predicted molar refractivity (Wildman–Crippen MR) is 93.4 cm³/mol. The number of esters is 1. The topological polar surface area (TPSA) is 90.8 Å². The van der Waals surface area contributed by atoms with Crippen LogP contribution in [-0.2, 0) is 9.53 Å². The van der Waals surface area contributed by atoms with E-state index in [2.05, 4.69) is 15.3 Å². The van der Waals surface area contributed by atoms with Gasteiger partial charge in [0.15, 0.2) is 10.7 Å². The van der Waals surface area contributed by atoms with Gasteiger partial charge in [0.05, 0.1) is 12.3 Å². The molecule has 120 valence electrons. The van der Waals surface area contributed by atoms with Gasteiger partial charge >= 0.3 is 5.97 Å². The Morgan fingerprint density at radius 1 is 1.50 bits per heavy atom. The lowest BCUT2D eigenvalue weighted by Gasteiger charge is -1.99. The van der Waals surface area contributed by atoms with Crippen LogP contribution < -0.4 is 5.32 Å². The number of hydrogen-bond acceptors (Lipinski definition) is 6. The summed E-state index contributed by atoms with van der Waals surface area (Å²) in [5.74, 6) is -0.652. The molecule has 0 aliphatic rings. The second kappa shape index (κ2) is 6.98. The summed E-state index contributed by atoms with van der Waals surface area (Å²) in [7, 11) is 0. The van der Waals surface area contributed by atoms with Gasteiger partial charge in [-0.3, -0.25) is 0 Å². The summed E-state index contributed by atoms with van der Waals surface area (Å²) in [5, 5.41) is 15.5. The monoisotopic (exact) mass is 338 g/mol. The number of fused-ring (bicyclic) bond motifs is 1. The van der Waals surface area contributed by atoms with Gasteiger partial charge in [0.1, 0.15) is 6.07 Å². The minimum atomic E-state index is -0.652. The molecule has 0 unspecified atom stereocenters. The molecule has 6 nitrogen and oxygen atoms in total. The van der Waals surface area contributed by atoms with E-state index >= 15 is 0 Å². The summed E-state index contributed by atoms with van der Waals surface area (Å²) in [4.78, 5) is 19.3. The summed E-state index contributed by atoms with van der Waals surface area (Å²) >= 11 is 1.39. The van der Waals surface area contributed by atoms with E-state index < -0.39 is 5.97 Å². The van der Waals surface area contributed by atoms with E-state index in [0.717, 1.165) is 22.2 Å². The summed E-state index contributed by atoms with van der Waals surface area (Å²) < 4.78 is 4.80. The van der Waals surface area contributed by atoms with Crippen molar-refractivity contribution in [2.75, 3.05) is 11.9 Å². The van der Waals surface area contributed by atoms with Gasteiger partial charge in [0.2, 0.25) is 0 Å². The molecule has 2 heterocycles. The van der Waals surface area contributed by atoms with Crippen LogP contribution in [-0.4, -0.2) is 22.5 Å². The zero-order valence-electron chi connectivity index (χ0n) is 12.9. The number of rotatable bonds is 5. The molecule has 2 N–H and O–H groups in total. The first-order valence-electron chi connectivity index (χ1n) is 7.29. The Bertz CT molecular complexity index is 949. The molecule has 24 heavy (non-hydrogen) atoms. The van der Waals surface area contributed by atoms with Gasteiger partial charge in [-0.2, -0.15) is 5.26 Å². The van der Waals surface area contributed by atoms with Crippen LogP contribution >= 0.6 is 11.3 Å². The number of nitrogens with one attached hydrogen (secondary N) is 2. The average molecular weight is 338 g/mol. The van der Waals surface area contributed by atoms with E-state index in [1.165, 1.54) is 17.5 Å². The Morgan fingerprint density at radius 2 is 2.33 bits per heavy atom. The number of thiazole rings is 1. The number of nitrogens with zero attached hydrogens (tertiary/aromatic N) is 2. The van der Waals surface area contributed by atoms with Crippen LogP contribution in [0, 0.1) is 11.3 Å². The molecule has 0 bridgehead atoms. The zero-order chi connectivity index (χ0) is 16.9. The molecule has 3 rings (SSSR count). The highest BCUT2D eigenvalue weighted by Gasteiger charge is 2.11. The first-order chi connectivity index (χ1) is 11.7. The van der Waals surface area contributed by atoms with Crippen molar-refractivity contribution in [3.05, 3.63) is 47.6 Å². The van der Waals surface area contributed by atoms with E-state index in [-0.39, 0.29) is 12.2 Å². The number of nitriles is 1. The second-order valence-electron chi connectivity index (χ2n) is 4.82. The van der Waals surface area contributed by atoms with Crippen molar-refractivity contribution in [2.45, 2.75) is 6.92 Å². The molecule has 0 spiro atoms. The molecule has 1 aromatic carbocycles. The number of carbonyl (C=O) groups is 1. The third kappa shape index (κ3) is 3.14. The van der Waals surface area contributed by atoms with Crippen LogP contribution in [0.5, 0.6) is 0 Å². The maximum absolute atomic E-state index is 11.6. The second-order valence-corrected chi connectivity index (χ2v) is 5.68. The fourth-order valence-electron chi connectivity index (χ4n) is 2.23. The molecule has 0 aliphatic carbocycles. The molecular formula is C17H14N4O2S. The van der Waals surface area contributed by atoms with Crippen molar-refractivity contribution in [3.8, 4) is 17.3 Å². The number of aromatic amines is 1. The SMILES string of the molecule is CCOC(=O)/C(C#N)=C/Nc1nc(-c2c[nH]c3ccccc23)cs1. The molecule has 3 aromatic rings. The average Bonchev–Trinajstić information content (AvgIpc) is 3.22. The Hall–Kier alpha value is -3.11. The third-order valence-corrected chi connectivity index (χ3v) is 4.10. The van der Waals surface area contributed by atoms with Crippen molar-refractivity contribution < 1.29 is 9.53 Å². The maximum atomic E-state index is 11.6. The van der Waals surface area contributed by atoms with Crippen LogP contribution in [0.2, 0.25) is 0 Å². The Kier molecular flexibility index (Phi) is 4.59. The third-order valence-electron chi connectivity index (χ3n) is 3.33. The number of para-hydroxylation sites is 1. The quantitative estimate of drug-likeness (QED) is 0.421. The molecule has 0 amide bonds. The summed E-state index contributed by atoms with van der Waals surface area (Å²) in [6.45, 7) is 1.91. The fraction of sp³-hybridized carbons (Fsp3) is 0.118. The first kappa shape index (κ1) is 15.8. The normalized spacial score (nSPS) is 11.2. The van der Waals surface area contributed by atoms with Gasteiger partial charge in [0.25, 0.3) is 0 Å². The predicted octanol–water partition coefficient (Wildman–Crippen LogP) is 3.67. The molecule has 0 saturated carbocycles. The number of anilines is 1. The minimum Gasteiger partial charge on any atom is -0.462 e. The minimum absolute atomic E-state index is 0.0966. The van der Waals surface area contributed by atoms with E-state index in [0.29, 0.717) is 5.13 Å². The lowest BCUT2D eigenvalue weighted by Crippen LogP contribution is -2.07. The molecule has 0 fully saturated rings. The molecule has 0 atom stereocenters. The van der Waals surface area contributed by atoms with E-state index in [9.17, 15) is 4.79 Å². The Labute approximate surface area is 142 Å². The van der Waals surface area contributed by atoms with E-state index in [4.69, 9.17) is 10.00 Å². The smallest absolute Gasteiger partial charge is 0.350 e. The van der Waals surface area contributed by atoms with Crippen LogP contribution in [0.1, 0.15) is 6.92 Å². The van der Waals surface area contributed by atoms with Gasteiger partial charge in [-0.05, 0) is 13.0 Å². The molecule has 7 heteroatoms. The van der Waals surface area contributed by atoms with Crippen LogP contribution in [0.3, 0.4) is 0 Å². The highest BCUT2D eigenvalue weighted by Crippen LogP contribution is 2.30. The molecule has 2 aromatic heterocycles. The number of H-pyrrole nitrogens is 1. The Balaban J connectivity index is 1.81. The summed E-state index contributed by atoms with van der Waals surface area (Å²) in [6, 6.07) is 9.80. The lowest BCUT2D eigenvalue weighted by atomic mass is 10.1. The van der Waals surface area contributed by atoms with Crippen LogP contribution in [0.4, 0.5) is 5.13 Å². The van der Waals surface area contributed by atoms with Crippen molar-refractivity contribution in [3.63, 3.8) is 0 Å². The summed E-state index contributed by atoms with van der Waals surface area (Å²) in [5.41, 5.74) is 2.78. The van der Waals surface area contributed by atoms with Gasteiger partial charge in [-0.15, -0.1) is 11.3 Å². The number of carbonyl (C=O) groups excluding carboxylic acids is 1. The highest BCUT2D eigenvalue weighted by molar-refractivity contribution is 7.14. The van der Waals surface area contributed by atoms with Crippen molar-refractivity contribution in [1.29, 1.82) is 5.26 Å². The standard InChI is InChI=1S/C17H14N4O2S/c1-2-23-16(22)11(7-18)8-20-17-21-15(10-24-17)13-9-19-14-6-4-3-5-12(13)14/h3-6,8-10,19H,2H2,1H3,(H,20,21)/b11-8+. The van der Waals surface area contributed by atoms with Gasteiger partial charge < -0.3 is 15.0 Å². The van der Waals surface area contributed by atoms with Gasteiger partial charge in [-0.25, -0.2) is 9.78 Å². The number of aromatic nitrogens is 2. The van der Waals surface area contributed by atoms with Crippen molar-refractivity contribution >= 4 is 33.3 Å². The molecule has 0 aliphatic heterocycles. The molecule has 0 saturated heterocycles.